The predicted molar refractivity (Wildman–Crippen MR) is 137 cm³/mol. The number of amides is 1. The second-order valence-corrected chi connectivity index (χ2v) is 9.95. The molecule has 0 unspecified atom stereocenters. The van der Waals surface area contributed by atoms with E-state index in [1.54, 1.807) is 5.06 Å². The van der Waals surface area contributed by atoms with Crippen LogP contribution in [0.4, 0.5) is 0 Å². The summed E-state index contributed by atoms with van der Waals surface area (Å²) >= 11 is 0. The standard InChI is InChI=1S/C29H49NO3/c1-3-5-7-9-10-11-12-13-17-21-26(31)23-28-27(22-18-8-6-4-2)29(32)30(28)33-24-25-19-15-14-16-20-25/h14-16,19-20,26-28,31H,3-13,17-18,21-24H2,1-2H3/t26-,27-,28-/m1/s1. The van der Waals surface area contributed by atoms with Crippen molar-refractivity contribution in [1.82, 2.24) is 5.06 Å². The highest BCUT2D eigenvalue weighted by molar-refractivity contribution is 5.84. The first-order chi connectivity index (χ1) is 16.2. The predicted octanol–water partition coefficient (Wildman–Crippen LogP) is 7.59. The molecule has 0 radical (unpaired) electrons. The molecule has 1 aliphatic heterocycles. The molecule has 0 aromatic heterocycles. The Morgan fingerprint density at radius 2 is 1.42 bits per heavy atom. The van der Waals surface area contributed by atoms with Gasteiger partial charge in [0, 0.05) is 0 Å². The van der Waals surface area contributed by atoms with E-state index in [0.29, 0.717) is 13.0 Å². The van der Waals surface area contributed by atoms with Gasteiger partial charge < -0.3 is 5.11 Å². The molecule has 1 aliphatic rings. The molecule has 188 valence electrons. The van der Waals surface area contributed by atoms with Crippen molar-refractivity contribution in [1.29, 1.82) is 0 Å². The second-order valence-electron chi connectivity index (χ2n) is 9.95. The topological polar surface area (TPSA) is 49.8 Å². The Morgan fingerprint density at radius 1 is 0.848 bits per heavy atom. The normalized spacial score (nSPS) is 19.0. The van der Waals surface area contributed by atoms with E-state index in [0.717, 1.165) is 31.2 Å². The molecule has 1 heterocycles. The number of rotatable bonds is 20. The third-order valence-corrected chi connectivity index (χ3v) is 7.04. The maximum absolute atomic E-state index is 12.8. The lowest BCUT2D eigenvalue weighted by Crippen LogP contribution is -2.61. The van der Waals surface area contributed by atoms with Gasteiger partial charge in [-0.2, -0.15) is 0 Å². The van der Waals surface area contributed by atoms with Crippen LogP contribution in [0.3, 0.4) is 0 Å². The molecule has 1 amide bonds. The minimum Gasteiger partial charge on any atom is -0.393 e. The van der Waals surface area contributed by atoms with Crippen LogP contribution in [-0.4, -0.2) is 28.2 Å². The average Bonchev–Trinajstić information content (AvgIpc) is 2.83. The molecule has 1 saturated heterocycles. The minimum absolute atomic E-state index is 0.00963. The van der Waals surface area contributed by atoms with Crippen LogP contribution in [0.2, 0.25) is 0 Å². The summed E-state index contributed by atoms with van der Waals surface area (Å²) in [4.78, 5) is 18.7. The number of benzene rings is 1. The van der Waals surface area contributed by atoms with Crippen LogP contribution in [-0.2, 0) is 16.2 Å². The van der Waals surface area contributed by atoms with Crippen molar-refractivity contribution >= 4 is 5.91 Å². The summed E-state index contributed by atoms with van der Waals surface area (Å²) in [5, 5.41) is 12.3. The van der Waals surface area contributed by atoms with Crippen LogP contribution in [0.5, 0.6) is 0 Å². The highest BCUT2D eigenvalue weighted by atomic mass is 16.7. The summed E-state index contributed by atoms with van der Waals surface area (Å²) in [7, 11) is 0. The van der Waals surface area contributed by atoms with Crippen molar-refractivity contribution in [3.8, 4) is 0 Å². The van der Waals surface area contributed by atoms with E-state index in [1.807, 2.05) is 30.3 Å². The zero-order chi connectivity index (χ0) is 23.7. The molecular weight excluding hydrogens is 410 g/mol. The first kappa shape index (κ1) is 27.9. The van der Waals surface area contributed by atoms with E-state index in [2.05, 4.69) is 13.8 Å². The van der Waals surface area contributed by atoms with Crippen LogP contribution < -0.4 is 0 Å². The van der Waals surface area contributed by atoms with Crippen LogP contribution in [0.1, 0.15) is 122 Å². The maximum Gasteiger partial charge on any atom is 0.251 e. The Hall–Kier alpha value is -1.39. The molecule has 0 bridgehead atoms. The molecule has 1 aromatic carbocycles. The maximum atomic E-state index is 12.8. The van der Waals surface area contributed by atoms with Crippen molar-refractivity contribution < 1.29 is 14.7 Å². The van der Waals surface area contributed by atoms with Crippen molar-refractivity contribution in [2.75, 3.05) is 0 Å². The van der Waals surface area contributed by atoms with E-state index < -0.39 is 0 Å². The van der Waals surface area contributed by atoms with Gasteiger partial charge in [-0.1, -0.05) is 128 Å². The van der Waals surface area contributed by atoms with Gasteiger partial charge in [0.05, 0.1) is 18.1 Å². The lowest BCUT2D eigenvalue weighted by atomic mass is 9.81. The van der Waals surface area contributed by atoms with Crippen molar-refractivity contribution in [2.24, 2.45) is 5.92 Å². The lowest BCUT2D eigenvalue weighted by molar-refractivity contribution is -0.253. The largest absolute Gasteiger partial charge is 0.393 e. The summed E-state index contributed by atoms with van der Waals surface area (Å²) in [6.45, 7) is 4.87. The molecule has 2 rings (SSSR count). The van der Waals surface area contributed by atoms with Crippen molar-refractivity contribution in [3.63, 3.8) is 0 Å². The first-order valence-corrected chi connectivity index (χ1v) is 13.8. The summed E-state index contributed by atoms with van der Waals surface area (Å²) in [5.41, 5.74) is 1.06. The zero-order valence-electron chi connectivity index (χ0n) is 21.4. The fourth-order valence-corrected chi connectivity index (χ4v) is 4.90. The fourth-order valence-electron chi connectivity index (χ4n) is 4.90. The number of hydroxylamine groups is 2. The summed E-state index contributed by atoms with van der Waals surface area (Å²) in [6, 6.07) is 9.99. The average molecular weight is 460 g/mol. The molecule has 0 aliphatic carbocycles. The Labute approximate surface area is 203 Å². The third kappa shape index (κ3) is 10.6. The molecule has 0 saturated carbocycles. The molecule has 4 nitrogen and oxygen atoms in total. The molecule has 3 atom stereocenters. The van der Waals surface area contributed by atoms with Gasteiger partial charge in [0.1, 0.15) is 6.61 Å². The number of aliphatic hydroxyl groups is 1. The monoisotopic (exact) mass is 459 g/mol. The Morgan fingerprint density at radius 3 is 2.06 bits per heavy atom. The van der Waals surface area contributed by atoms with Crippen LogP contribution in [0, 0.1) is 5.92 Å². The fraction of sp³-hybridized carbons (Fsp3) is 0.759. The van der Waals surface area contributed by atoms with Gasteiger partial charge in [-0.3, -0.25) is 9.63 Å². The molecule has 1 aromatic rings. The highest BCUT2D eigenvalue weighted by Gasteiger charge is 2.48. The number of hydrogen-bond donors (Lipinski definition) is 1. The lowest BCUT2D eigenvalue weighted by Gasteiger charge is -2.46. The first-order valence-electron chi connectivity index (χ1n) is 13.8. The van der Waals surface area contributed by atoms with E-state index in [9.17, 15) is 9.90 Å². The summed E-state index contributed by atoms with van der Waals surface area (Å²) < 4.78 is 0. The quantitative estimate of drug-likeness (QED) is 0.161. The molecule has 33 heavy (non-hydrogen) atoms. The van der Waals surface area contributed by atoms with Gasteiger partial charge in [0.2, 0.25) is 0 Å². The van der Waals surface area contributed by atoms with Crippen LogP contribution in [0.15, 0.2) is 30.3 Å². The van der Waals surface area contributed by atoms with Gasteiger partial charge in [-0.05, 0) is 24.8 Å². The van der Waals surface area contributed by atoms with Crippen LogP contribution in [0.25, 0.3) is 0 Å². The molecule has 4 heteroatoms. The number of carbonyl (C=O) groups is 1. The van der Waals surface area contributed by atoms with E-state index >= 15 is 0 Å². The van der Waals surface area contributed by atoms with Gasteiger partial charge >= 0.3 is 0 Å². The van der Waals surface area contributed by atoms with Gasteiger partial charge in [0.15, 0.2) is 0 Å². The third-order valence-electron chi connectivity index (χ3n) is 7.04. The van der Waals surface area contributed by atoms with Gasteiger partial charge in [-0.25, -0.2) is 5.06 Å². The Bertz CT molecular complexity index is 621. The Balaban J connectivity index is 1.72. The van der Waals surface area contributed by atoms with Crippen molar-refractivity contribution in [3.05, 3.63) is 35.9 Å². The highest BCUT2D eigenvalue weighted by Crippen LogP contribution is 2.35. The molecule has 0 spiro atoms. The number of unbranched alkanes of at least 4 members (excludes halogenated alkanes) is 11. The number of carbonyl (C=O) groups excluding carboxylic acids is 1. The second kappa shape index (κ2) is 17.1. The van der Waals surface area contributed by atoms with E-state index in [-0.39, 0.29) is 24.0 Å². The van der Waals surface area contributed by atoms with Gasteiger partial charge in [0.25, 0.3) is 5.91 Å². The van der Waals surface area contributed by atoms with Crippen molar-refractivity contribution in [2.45, 2.75) is 135 Å². The Kier molecular flexibility index (Phi) is 14.4. The SMILES string of the molecule is CCCCCCCCCCC[C@@H](O)C[C@@H]1[C@@H](CCCCCC)C(=O)N1OCc1ccccc1. The molecular formula is C29H49NO3. The van der Waals surface area contributed by atoms with Gasteiger partial charge in [-0.15, -0.1) is 0 Å². The molecule has 1 fully saturated rings. The number of hydrogen-bond acceptors (Lipinski definition) is 3. The molecule has 1 N–H and O–H groups in total. The summed E-state index contributed by atoms with van der Waals surface area (Å²) in [5.74, 6) is 0.109. The van der Waals surface area contributed by atoms with Crippen LogP contribution >= 0.6 is 0 Å². The summed E-state index contributed by atoms with van der Waals surface area (Å²) in [6.07, 6.45) is 18.3. The number of nitrogens with zero attached hydrogens (tertiary/aromatic N) is 1. The zero-order valence-corrected chi connectivity index (χ0v) is 21.4. The smallest absolute Gasteiger partial charge is 0.251 e. The number of aliphatic hydroxyl groups excluding tert-OH is 1. The van der Waals surface area contributed by atoms with E-state index in [4.69, 9.17) is 4.84 Å². The number of β-lactam (4-membered cyclic amide) rings is 1. The van der Waals surface area contributed by atoms with E-state index in [1.165, 1.54) is 70.6 Å². The minimum atomic E-state index is -0.353.